The van der Waals surface area contributed by atoms with E-state index in [0.29, 0.717) is 31.4 Å². The summed E-state index contributed by atoms with van der Waals surface area (Å²) >= 11 is 11.1. The number of rotatable bonds is 5. The van der Waals surface area contributed by atoms with E-state index in [1.165, 1.54) is 23.5 Å². The molecule has 0 spiro atoms. The minimum absolute atomic E-state index is 0.0928. The van der Waals surface area contributed by atoms with Gasteiger partial charge in [0.15, 0.2) is 5.13 Å². The molecule has 1 amide bonds. The molecule has 1 aromatic heterocycles. The second-order valence-corrected chi connectivity index (χ2v) is 8.98. The van der Waals surface area contributed by atoms with Crippen LogP contribution in [0.25, 0.3) is 10.2 Å². The second-order valence-electron chi connectivity index (χ2n) is 6.64. The lowest BCUT2D eigenvalue weighted by molar-refractivity contribution is 0.0391. The fourth-order valence-electron chi connectivity index (χ4n) is 3.16. The van der Waals surface area contributed by atoms with Gasteiger partial charge in [-0.15, -0.1) is 0 Å². The zero-order valence-corrected chi connectivity index (χ0v) is 18.6. The Morgan fingerprint density at radius 2 is 2.07 bits per heavy atom. The maximum Gasteiger partial charge on any atom is 0.261 e. The fraction of sp³-hybridized carbons (Fsp3) is 0.300. The number of amides is 1. The van der Waals surface area contributed by atoms with E-state index in [1.807, 2.05) is 18.2 Å². The van der Waals surface area contributed by atoms with Gasteiger partial charge in [0.2, 0.25) is 0 Å². The zero-order valence-electron chi connectivity index (χ0n) is 15.4. The Morgan fingerprint density at radius 3 is 2.83 bits per heavy atom. The lowest BCUT2D eigenvalue weighted by atomic mass is 10.2. The summed E-state index contributed by atoms with van der Waals surface area (Å²) in [6.07, 6.45) is 0. The van der Waals surface area contributed by atoms with Crippen LogP contribution in [0, 0.1) is 5.82 Å². The van der Waals surface area contributed by atoms with Gasteiger partial charge < -0.3 is 4.74 Å². The number of benzene rings is 2. The highest BCUT2D eigenvalue weighted by Crippen LogP contribution is 2.32. The third-order valence-electron chi connectivity index (χ3n) is 4.72. The molecular formula is C20H18BrClFN3O2S. The molecule has 0 atom stereocenters. The Kier molecular flexibility index (Phi) is 6.46. The molecular weight excluding hydrogens is 481 g/mol. The maximum atomic E-state index is 13.5. The van der Waals surface area contributed by atoms with Gasteiger partial charge in [0.1, 0.15) is 5.82 Å². The molecule has 1 fully saturated rings. The summed E-state index contributed by atoms with van der Waals surface area (Å²) in [6, 6.07) is 9.63. The average molecular weight is 499 g/mol. The van der Waals surface area contributed by atoms with Crippen LogP contribution < -0.4 is 4.90 Å². The summed E-state index contributed by atoms with van der Waals surface area (Å²) in [4.78, 5) is 21.9. The molecule has 9 heteroatoms. The summed E-state index contributed by atoms with van der Waals surface area (Å²) in [7, 11) is 0. The first-order valence-electron chi connectivity index (χ1n) is 9.14. The Morgan fingerprint density at radius 1 is 1.28 bits per heavy atom. The molecule has 0 aliphatic carbocycles. The Labute approximate surface area is 185 Å². The molecule has 2 heterocycles. The van der Waals surface area contributed by atoms with Crippen molar-refractivity contribution in [2.45, 2.75) is 0 Å². The van der Waals surface area contributed by atoms with E-state index in [1.54, 1.807) is 4.90 Å². The number of morpholine rings is 1. The molecule has 0 N–H and O–H groups in total. The Balaban J connectivity index is 1.66. The van der Waals surface area contributed by atoms with Gasteiger partial charge in [0.05, 0.1) is 34.0 Å². The second kappa shape index (κ2) is 9.06. The number of carbonyl (C=O) groups excluding carboxylic acids is 1. The highest BCUT2D eigenvalue weighted by atomic mass is 79.9. The van der Waals surface area contributed by atoms with Crippen molar-refractivity contribution in [2.75, 3.05) is 44.3 Å². The summed E-state index contributed by atoms with van der Waals surface area (Å²) in [6.45, 7) is 4.17. The molecule has 1 aliphatic rings. The van der Waals surface area contributed by atoms with E-state index < -0.39 is 5.82 Å². The topological polar surface area (TPSA) is 45.7 Å². The number of hydrogen-bond donors (Lipinski definition) is 0. The molecule has 29 heavy (non-hydrogen) atoms. The van der Waals surface area contributed by atoms with Gasteiger partial charge in [-0.1, -0.05) is 38.9 Å². The van der Waals surface area contributed by atoms with Crippen molar-refractivity contribution < 1.29 is 13.9 Å². The molecule has 0 unspecified atom stereocenters. The van der Waals surface area contributed by atoms with Crippen LogP contribution in [0.1, 0.15) is 10.4 Å². The van der Waals surface area contributed by atoms with Gasteiger partial charge in [0.25, 0.3) is 5.91 Å². The normalized spacial score (nSPS) is 15.0. The number of thiazole rings is 1. The van der Waals surface area contributed by atoms with E-state index in [2.05, 4.69) is 25.8 Å². The molecule has 0 saturated carbocycles. The molecule has 4 rings (SSSR count). The molecule has 1 saturated heterocycles. The minimum atomic E-state index is -0.476. The highest BCUT2D eigenvalue weighted by Gasteiger charge is 2.24. The van der Waals surface area contributed by atoms with Crippen molar-refractivity contribution in [1.82, 2.24) is 9.88 Å². The van der Waals surface area contributed by atoms with Gasteiger partial charge in [-0.25, -0.2) is 9.37 Å². The van der Waals surface area contributed by atoms with Crippen molar-refractivity contribution in [3.63, 3.8) is 0 Å². The Bertz CT molecular complexity index is 1040. The number of carbonyl (C=O) groups is 1. The molecule has 2 aromatic carbocycles. The third-order valence-corrected chi connectivity index (χ3v) is 6.57. The van der Waals surface area contributed by atoms with Crippen molar-refractivity contribution >= 4 is 60.1 Å². The molecule has 152 valence electrons. The average Bonchev–Trinajstić information content (AvgIpc) is 3.11. The van der Waals surface area contributed by atoms with Gasteiger partial charge in [-0.3, -0.25) is 14.6 Å². The fourth-order valence-corrected chi connectivity index (χ4v) is 4.95. The number of aromatic nitrogens is 1. The molecule has 0 bridgehead atoms. The lowest BCUT2D eigenvalue weighted by Gasteiger charge is -2.29. The Hall–Kier alpha value is -1.58. The largest absolute Gasteiger partial charge is 0.379 e. The van der Waals surface area contributed by atoms with Gasteiger partial charge in [-0.2, -0.15) is 0 Å². The monoisotopic (exact) mass is 497 g/mol. The molecule has 5 nitrogen and oxygen atoms in total. The van der Waals surface area contributed by atoms with Crippen molar-refractivity contribution in [3.8, 4) is 0 Å². The van der Waals surface area contributed by atoms with Crippen LogP contribution in [0.2, 0.25) is 5.02 Å². The van der Waals surface area contributed by atoms with Crippen LogP contribution in [0.4, 0.5) is 9.52 Å². The van der Waals surface area contributed by atoms with Crippen LogP contribution in [-0.2, 0) is 4.74 Å². The van der Waals surface area contributed by atoms with Gasteiger partial charge in [-0.05, 0) is 36.4 Å². The van der Waals surface area contributed by atoms with E-state index in [0.717, 1.165) is 33.8 Å². The maximum absolute atomic E-state index is 13.5. The number of nitrogens with zero attached hydrogens (tertiary/aromatic N) is 3. The van der Waals surface area contributed by atoms with Crippen LogP contribution in [0.3, 0.4) is 0 Å². The van der Waals surface area contributed by atoms with Crippen LogP contribution >= 0.6 is 38.9 Å². The summed E-state index contributed by atoms with van der Waals surface area (Å²) in [5.74, 6) is -0.766. The highest BCUT2D eigenvalue weighted by molar-refractivity contribution is 9.10. The smallest absolute Gasteiger partial charge is 0.261 e. The summed E-state index contributed by atoms with van der Waals surface area (Å²) in [5.41, 5.74) is 1.08. The first kappa shape index (κ1) is 20.7. The van der Waals surface area contributed by atoms with Crippen LogP contribution in [-0.4, -0.2) is 55.2 Å². The SMILES string of the molecule is O=C(c1ccc(F)cc1Cl)N(CCN1CCOCC1)c1nc2ccc(Br)cc2s1. The number of halogens is 3. The molecule has 0 radical (unpaired) electrons. The number of fused-ring (bicyclic) bond motifs is 1. The van der Waals surface area contributed by atoms with E-state index >= 15 is 0 Å². The predicted molar refractivity (Wildman–Crippen MR) is 118 cm³/mol. The van der Waals surface area contributed by atoms with E-state index in [9.17, 15) is 9.18 Å². The van der Waals surface area contributed by atoms with Crippen molar-refractivity contribution in [2.24, 2.45) is 0 Å². The van der Waals surface area contributed by atoms with E-state index in [-0.39, 0.29) is 16.5 Å². The third kappa shape index (κ3) is 4.78. The first-order chi connectivity index (χ1) is 14.0. The first-order valence-corrected chi connectivity index (χ1v) is 11.1. The van der Waals surface area contributed by atoms with Gasteiger partial charge in [0, 0.05) is 30.7 Å². The number of anilines is 1. The minimum Gasteiger partial charge on any atom is -0.379 e. The van der Waals surface area contributed by atoms with Crippen molar-refractivity contribution in [1.29, 1.82) is 0 Å². The van der Waals surface area contributed by atoms with Crippen LogP contribution in [0.5, 0.6) is 0 Å². The summed E-state index contributed by atoms with van der Waals surface area (Å²) in [5, 5.41) is 0.687. The quantitative estimate of drug-likeness (QED) is 0.505. The number of ether oxygens (including phenoxy) is 1. The van der Waals surface area contributed by atoms with E-state index in [4.69, 9.17) is 16.3 Å². The van der Waals surface area contributed by atoms with Crippen LogP contribution in [0.15, 0.2) is 40.9 Å². The van der Waals surface area contributed by atoms with Crippen molar-refractivity contribution in [3.05, 3.63) is 57.3 Å². The molecule has 1 aliphatic heterocycles. The van der Waals surface area contributed by atoms with Gasteiger partial charge >= 0.3 is 0 Å². The predicted octanol–water partition coefficient (Wildman–Crippen LogP) is 4.83. The lowest BCUT2D eigenvalue weighted by Crippen LogP contribution is -2.43. The zero-order chi connectivity index (χ0) is 20.4. The molecule has 3 aromatic rings. The standard InChI is InChI=1S/C20H18BrClFN3O2S/c21-13-1-4-17-18(11-13)29-20(24-17)26(6-5-25-7-9-28-10-8-25)19(27)15-3-2-14(23)12-16(15)22/h1-4,11-12H,5-10H2. The summed E-state index contributed by atoms with van der Waals surface area (Å²) < 4.78 is 20.8. The number of hydrogen-bond acceptors (Lipinski definition) is 5.